The summed E-state index contributed by atoms with van der Waals surface area (Å²) in [4.78, 5) is 25.6. The molecule has 0 amide bonds. The molecular weight excluding hydrogens is 434 g/mol. The number of aryl methyl sites for hydroxylation is 2. The first-order chi connectivity index (χ1) is 15.2. The molecule has 3 rings (SSSR count). The quantitative estimate of drug-likeness (QED) is 0.465. The highest BCUT2D eigenvalue weighted by Crippen LogP contribution is 2.35. The van der Waals surface area contributed by atoms with Crippen molar-refractivity contribution in [3.8, 4) is 17.2 Å². The Morgan fingerprint density at radius 2 is 1.75 bits per heavy atom. The van der Waals surface area contributed by atoms with Gasteiger partial charge in [0.1, 0.15) is 17.2 Å². The Balaban J connectivity index is 2.06. The van der Waals surface area contributed by atoms with Gasteiger partial charge in [0.05, 0.1) is 24.1 Å². The fourth-order valence-corrected chi connectivity index (χ4v) is 3.84. The molecule has 32 heavy (non-hydrogen) atoms. The Labute approximate surface area is 190 Å². The number of esters is 1. The van der Waals surface area contributed by atoms with Crippen molar-refractivity contribution in [3.63, 3.8) is 0 Å². The maximum absolute atomic E-state index is 13.5. The van der Waals surface area contributed by atoms with Crippen molar-refractivity contribution in [2.24, 2.45) is 0 Å². The van der Waals surface area contributed by atoms with Gasteiger partial charge in [-0.15, -0.1) is 0 Å². The molecule has 1 atom stereocenters. The zero-order chi connectivity index (χ0) is 23.4. The average Bonchev–Trinajstić information content (AvgIpc) is 2.75. The molecule has 1 aromatic heterocycles. The molecule has 0 saturated heterocycles. The lowest BCUT2D eigenvalue weighted by atomic mass is 9.88. The summed E-state index contributed by atoms with van der Waals surface area (Å²) in [7, 11) is 1.24. The number of aromatic nitrogens is 1. The number of nitrogens with zero attached hydrogens (tertiary/aromatic N) is 1. The minimum Gasteiger partial charge on any atom is -0.508 e. The molecule has 0 fully saturated rings. The Morgan fingerprint density at radius 3 is 2.38 bits per heavy atom. The van der Waals surface area contributed by atoms with Gasteiger partial charge < -0.3 is 24.6 Å². The number of carbonyl (C=O) groups excluding carboxylic acids is 1. The van der Waals surface area contributed by atoms with E-state index in [0.717, 1.165) is 5.56 Å². The van der Waals surface area contributed by atoms with Crippen molar-refractivity contribution in [2.45, 2.75) is 32.2 Å². The molecular formula is C24H24ClNO6. The second-order valence-corrected chi connectivity index (χ2v) is 7.91. The summed E-state index contributed by atoms with van der Waals surface area (Å²) in [5, 5.41) is 29.9. The predicted molar refractivity (Wildman–Crippen MR) is 121 cm³/mol. The summed E-state index contributed by atoms with van der Waals surface area (Å²) in [6, 6.07) is 12.6. The smallest absolute Gasteiger partial charge is 0.306 e. The Hall–Kier alpha value is -3.45. The molecule has 7 nitrogen and oxygen atoms in total. The first-order valence-electron chi connectivity index (χ1n) is 9.97. The van der Waals surface area contributed by atoms with Crippen LogP contribution in [0.3, 0.4) is 0 Å². The van der Waals surface area contributed by atoms with Gasteiger partial charge in [0.2, 0.25) is 0 Å². The molecule has 168 valence electrons. The van der Waals surface area contributed by atoms with Crippen molar-refractivity contribution in [1.82, 2.24) is 4.57 Å². The highest BCUT2D eigenvalue weighted by Gasteiger charge is 2.27. The third kappa shape index (κ3) is 5.06. The van der Waals surface area contributed by atoms with E-state index >= 15 is 0 Å². The topological polar surface area (TPSA) is 109 Å². The molecule has 3 aromatic rings. The molecule has 3 N–H and O–H groups in total. The Morgan fingerprint density at radius 1 is 1.06 bits per heavy atom. The standard InChI is InChI=1S/C24H24ClNO6/c1-14-11-21(29)23(24(31)26(14)10-9-15-3-6-17(27)7-4-15)18(13-22(30)32-2)16-5-8-20(28)19(25)12-16/h3-8,11-12,18,27-29H,9-10,13H2,1-2H3/t18-/m0/s1. The Kier molecular flexibility index (Phi) is 7.10. The molecule has 0 aliphatic rings. The van der Waals surface area contributed by atoms with E-state index in [9.17, 15) is 24.9 Å². The van der Waals surface area contributed by atoms with Crippen LogP contribution in [0.15, 0.2) is 53.3 Å². The zero-order valence-corrected chi connectivity index (χ0v) is 18.5. The maximum atomic E-state index is 13.5. The van der Waals surface area contributed by atoms with Crippen LogP contribution < -0.4 is 5.56 Å². The average molecular weight is 458 g/mol. The number of methoxy groups -OCH3 is 1. The van der Waals surface area contributed by atoms with E-state index in [1.165, 1.54) is 29.9 Å². The number of benzene rings is 2. The van der Waals surface area contributed by atoms with Crippen LogP contribution in [0.4, 0.5) is 0 Å². The molecule has 0 aliphatic heterocycles. The molecule has 0 radical (unpaired) electrons. The largest absolute Gasteiger partial charge is 0.508 e. The van der Waals surface area contributed by atoms with Crippen molar-refractivity contribution in [3.05, 3.63) is 86.3 Å². The van der Waals surface area contributed by atoms with Crippen molar-refractivity contribution < 1.29 is 24.9 Å². The normalized spacial score (nSPS) is 11.8. The fraction of sp³-hybridized carbons (Fsp3) is 0.250. The second-order valence-electron chi connectivity index (χ2n) is 7.50. The Bertz CT molecular complexity index is 1190. The van der Waals surface area contributed by atoms with Crippen LogP contribution in [-0.2, 0) is 22.5 Å². The van der Waals surface area contributed by atoms with Crippen LogP contribution in [0.2, 0.25) is 5.02 Å². The van der Waals surface area contributed by atoms with E-state index in [1.54, 1.807) is 37.3 Å². The number of phenols is 2. The fourth-order valence-electron chi connectivity index (χ4n) is 3.65. The third-order valence-electron chi connectivity index (χ3n) is 5.40. The van der Waals surface area contributed by atoms with Gasteiger partial charge in [-0.1, -0.05) is 29.8 Å². The highest BCUT2D eigenvalue weighted by atomic mass is 35.5. The molecule has 1 heterocycles. The molecule has 0 spiro atoms. The van der Waals surface area contributed by atoms with E-state index in [4.69, 9.17) is 16.3 Å². The van der Waals surface area contributed by atoms with E-state index in [-0.39, 0.29) is 34.3 Å². The number of hydrogen-bond acceptors (Lipinski definition) is 6. The monoisotopic (exact) mass is 457 g/mol. The number of ether oxygens (including phenoxy) is 1. The van der Waals surface area contributed by atoms with Crippen molar-refractivity contribution in [2.75, 3.05) is 7.11 Å². The first-order valence-corrected chi connectivity index (χ1v) is 10.4. The van der Waals surface area contributed by atoms with Gasteiger partial charge in [-0.25, -0.2) is 0 Å². The van der Waals surface area contributed by atoms with Gasteiger partial charge in [-0.05, 0) is 54.8 Å². The van der Waals surface area contributed by atoms with E-state index in [2.05, 4.69) is 0 Å². The van der Waals surface area contributed by atoms with E-state index in [0.29, 0.717) is 24.2 Å². The lowest BCUT2D eigenvalue weighted by Gasteiger charge is -2.21. The highest BCUT2D eigenvalue weighted by molar-refractivity contribution is 6.32. The van der Waals surface area contributed by atoms with Crippen LogP contribution in [0.5, 0.6) is 17.2 Å². The molecule has 0 aliphatic carbocycles. The summed E-state index contributed by atoms with van der Waals surface area (Å²) in [6.07, 6.45) is 0.333. The third-order valence-corrected chi connectivity index (χ3v) is 5.71. The number of carbonyl (C=O) groups is 1. The number of pyridine rings is 1. The summed E-state index contributed by atoms with van der Waals surface area (Å²) in [5.74, 6) is -1.59. The van der Waals surface area contributed by atoms with Gasteiger partial charge in [0, 0.05) is 18.2 Å². The van der Waals surface area contributed by atoms with Crippen LogP contribution in [-0.4, -0.2) is 33.0 Å². The SMILES string of the molecule is COC(=O)C[C@@H](c1ccc(O)c(Cl)c1)c1c(O)cc(C)n(CCc2ccc(O)cc2)c1=O. The van der Waals surface area contributed by atoms with Crippen molar-refractivity contribution >= 4 is 17.6 Å². The number of rotatable bonds is 7. The minimum absolute atomic E-state index is 0.0495. The number of phenolic OH excluding ortho intramolecular Hbond substituents is 2. The summed E-state index contributed by atoms with van der Waals surface area (Å²) < 4.78 is 6.33. The minimum atomic E-state index is -0.825. The van der Waals surface area contributed by atoms with E-state index in [1.807, 2.05) is 0 Å². The number of aromatic hydroxyl groups is 3. The lowest BCUT2D eigenvalue weighted by Crippen LogP contribution is -2.29. The molecule has 0 saturated carbocycles. The van der Waals surface area contributed by atoms with Crippen molar-refractivity contribution in [1.29, 1.82) is 0 Å². The molecule has 0 bridgehead atoms. The van der Waals surface area contributed by atoms with Gasteiger partial charge in [0.15, 0.2) is 0 Å². The predicted octanol–water partition coefficient (Wildman–Crippen LogP) is 3.86. The van der Waals surface area contributed by atoms with E-state index < -0.39 is 17.4 Å². The van der Waals surface area contributed by atoms with Gasteiger partial charge >= 0.3 is 5.97 Å². The summed E-state index contributed by atoms with van der Waals surface area (Å²) in [6.45, 7) is 2.05. The first kappa shape index (κ1) is 23.2. The maximum Gasteiger partial charge on any atom is 0.306 e. The molecule has 8 heteroatoms. The number of halogens is 1. The molecule has 0 unspecified atom stereocenters. The summed E-state index contributed by atoms with van der Waals surface area (Å²) >= 11 is 6.05. The van der Waals surface area contributed by atoms with Crippen LogP contribution >= 0.6 is 11.6 Å². The van der Waals surface area contributed by atoms with Crippen LogP contribution in [0.1, 0.15) is 34.7 Å². The second kappa shape index (κ2) is 9.78. The zero-order valence-electron chi connectivity index (χ0n) is 17.7. The summed E-state index contributed by atoms with van der Waals surface area (Å²) in [5.41, 5.74) is 1.60. The number of hydrogen-bond donors (Lipinski definition) is 3. The van der Waals surface area contributed by atoms with Gasteiger partial charge in [0.25, 0.3) is 5.56 Å². The lowest BCUT2D eigenvalue weighted by molar-refractivity contribution is -0.140. The van der Waals surface area contributed by atoms with Gasteiger partial charge in [-0.2, -0.15) is 0 Å². The van der Waals surface area contributed by atoms with Crippen LogP contribution in [0.25, 0.3) is 0 Å². The molecule has 2 aromatic carbocycles. The van der Waals surface area contributed by atoms with Crippen LogP contribution in [0, 0.1) is 6.92 Å². The van der Waals surface area contributed by atoms with Gasteiger partial charge in [-0.3, -0.25) is 9.59 Å².